The largest absolute Gasteiger partial charge is 0.375 e. The van der Waals surface area contributed by atoms with E-state index in [1.54, 1.807) is 5.38 Å². The molecule has 1 atom stereocenters. The van der Waals surface area contributed by atoms with Crippen LogP contribution in [0.3, 0.4) is 0 Å². The Hall–Kier alpha value is -1.10. The zero-order chi connectivity index (χ0) is 13.0. The Morgan fingerprint density at radius 2 is 2.28 bits per heavy atom. The molecule has 0 aromatic carbocycles. The lowest BCUT2D eigenvalue weighted by molar-refractivity contribution is 0.0907. The topological polar surface area (TPSA) is 68.0 Å². The maximum Gasteiger partial charge on any atom is 0.271 e. The second kappa shape index (κ2) is 6.18. The van der Waals surface area contributed by atoms with E-state index in [9.17, 15) is 4.79 Å². The minimum atomic E-state index is -0.0830. The molecular formula is C13H21N3OS. The number of nitrogens with two attached hydrogens (primary N) is 1. The molecule has 1 aromatic rings. The van der Waals surface area contributed by atoms with Crippen LogP contribution >= 0.6 is 11.3 Å². The number of carbonyl (C=O) groups excluding carboxylic acids is 1. The number of nitrogens with zero attached hydrogens (tertiary/aromatic N) is 1. The molecule has 1 amide bonds. The van der Waals surface area contributed by atoms with Gasteiger partial charge in [0.15, 0.2) is 5.13 Å². The first-order valence-electron chi connectivity index (χ1n) is 6.72. The molecule has 2 rings (SSSR count). The predicted octanol–water partition coefficient (Wildman–Crippen LogP) is 2.81. The van der Waals surface area contributed by atoms with Crippen LogP contribution in [0.15, 0.2) is 5.38 Å². The highest BCUT2D eigenvalue weighted by atomic mass is 32.1. The monoisotopic (exact) mass is 267 g/mol. The number of amides is 1. The highest BCUT2D eigenvalue weighted by Crippen LogP contribution is 2.27. The van der Waals surface area contributed by atoms with E-state index in [0.717, 1.165) is 6.42 Å². The summed E-state index contributed by atoms with van der Waals surface area (Å²) in [6.07, 6.45) is 7.37. The molecule has 5 heteroatoms. The maximum atomic E-state index is 12.0. The molecule has 3 N–H and O–H groups in total. The summed E-state index contributed by atoms with van der Waals surface area (Å²) < 4.78 is 0. The normalized spacial score (nSPS) is 18.5. The van der Waals surface area contributed by atoms with Gasteiger partial charge in [0.2, 0.25) is 0 Å². The summed E-state index contributed by atoms with van der Waals surface area (Å²) in [5.74, 6) is 0.545. The SMILES string of the molecule is CCC(NC(=O)c1csc(N)n1)C1CCCCC1. The zero-order valence-electron chi connectivity index (χ0n) is 10.8. The third kappa shape index (κ3) is 3.22. The van der Waals surface area contributed by atoms with Gasteiger partial charge in [-0.1, -0.05) is 26.2 Å². The second-order valence-corrected chi connectivity index (χ2v) is 5.85. The van der Waals surface area contributed by atoms with Gasteiger partial charge in [-0.25, -0.2) is 4.98 Å². The zero-order valence-corrected chi connectivity index (χ0v) is 11.6. The molecule has 1 aliphatic rings. The number of anilines is 1. The van der Waals surface area contributed by atoms with Gasteiger partial charge in [0.1, 0.15) is 5.69 Å². The molecule has 1 fully saturated rings. The van der Waals surface area contributed by atoms with Crippen LogP contribution in [0.2, 0.25) is 0 Å². The Morgan fingerprint density at radius 1 is 1.56 bits per heavy atom. The van der Waals surface area contributed by atoms with Crippen molar-refractivity contribution < 1.29 is 4.79 Å². The van der Waals surface area contributed by atoms with Crippen LogP contribution in [0.4, 0.5) is 5.13 Å². The fourth-order valence-electron chi connectivity index (χ4n) is 2.72. The van der Waals surface area contributed by atoms with Crippen molar-refractivity contribution in [1.82, 2.24) is 10.3 Å². The minimum absolute atomic E-state index is 0.0830. The standard InChI is InChI=1S/C13H21N3OS/c1-2-10(9-6-4-3-5-7-9)15-12(17)11-8-18-13(14)16-11/h8-10H,2-7H2,1H3,(H2,14,16)(H,15,17). The van der Waals surface area contributed by atoms with Crippen LogP contribution in [-0.4, -0.2) is 16.9 Å². The lowest BCUT2D eigenvalue weighted by Gasteiger charge is -2.30. The predicted molar refractivity (Wildman–Crippen MR) is 74.6 cm³/mol. The number of carbonyl (C=O) groups is 1. The Labute approximate surface area is 112 Å². The summed E-state index contributed by atoms with van der Waals surface area (Å²) in [4.78, 5) is 16.1. The Morgan fingerprint density at radius 3 is 2.83 bits per heavy atom. The van der Waals surface area contributed by atoms with Crippen LogP contribution in [0, 0.1) is 5.92 Å². The number of hydrogen-bond acceptors (Lipinski definition) is 4. The molecule has 18 heavy (non-hydrogen) atoms. The van der Waals surface area contributed by atoms with Gasteiger partial charge in [-0.2, -0.15) is 0 Å². The Bertz CT molecular complexity index is 399. The molecule has 0 radical (unpaired) electrons. The van der Waals surface area contributed by atoms with E-state index >= 15 is 0 Å². The van der Waals surface area contributed by atoms with Crippen LogP contribution < -0.4 is 11.1 Å². The third-order valence-electron chi connectivity index (χ3n) is 3.73. The van der Waals surface area contributed by atoms with Gasteiger partial charge >= 0.3 is 0 Å². The Kier molecular flexibility index (Phi) is 4.58. The van der Waals surface area contributed by atoms with Crippen molar-refractivity contribution in [2.24, 2.45) is 5.92 Å². The average molecular weight is 267 g/mol. The van der Waals surface area contributed by atoms with Crippen LogP contribution in [-0.2, 0) is 0 Å². The lowest BCUT2D eigenvalue weighted by Crippen LogP contribution is -2.40. The fourth-order valence-corrected chi connectivity index (χ4v) is 3.27. The molecule has 1 saturated carbocycles. The van der Waals surface area contributed by atoms with E-state index in [-0.39, 0.29) is 11.9 Å². The van der Waals surface area contributed by atoms with E-state index < -0.39 is 0 Å². The number of nitrogen functional groups attached to an aromatic ring is 1. The first-order valence-corrected chi connectivity index (χ1v) is 7.60. The summed E-state index contributed by atoms with van der Waals surface area (Å²) in [6.45, 7) is 2.13. The summed E-state index contributed by atoms with van der Waals surface area (Å²) in [5.41, 5.74) is 6.00. The van der Waals surface area contributed by atoms with Crippen molar-refractivity contribution in [3.05, 3.63) is 11.1 Å². The molecule has 0 aliphatic heterocycles. The van der Waals surface area contributed by atoms with Crippen molar-refractivity contribution in [2.75, 3.05) is 5.73 Å². The quantitative estimate of drug-likeness (QED) is 0.881. The molecule has 1 unspecified atom stereocenters. The summed E-state index contributed by atoms with van der Waals surface area (Å²) in [5, 5.41) is 5.29. The van der Waals surface area contributed by atoms with Gasteiger partial charge in [0.05, 0.1) is 0 Å². The van der Waals surface area contributed by atoms with Crippen molar-refractivity contribution in [3.63, 3.8) is 0 Å². The number of hydrogen-bond donors (Lipinski definition) is 2. The van der Waals surface area contributed by atoms with Gasteiger partial charge in [-0.05, 0) is 25.2 Å². The van der Waals surface area contributed by atoms with E-state index in [0.29, 0.717) is 16.7 Å². The minimum Gasteiger partial charge on any atom is -0.375 e. The lowest BCUT2D eigenvalue weighted by atomic mass is 9.83. The van der Waals surface area contributed by atoms with Gasteiger partial charge in [-0.15, -0.1) is 11.3 Å². The van der Waals surface area contributed by atoms with Gasteiger partial charge in [-0.3, -0.25) is 4.79 Å². The first-order chi connectivity index (χ1) is 8.70. The molecule has 1 aromatic heterocycles. The van der Waals surface area contributed by atoms with E-state index in [2.05, 4.69) is 17.2 Å². The number of aromatic nitrogens is 1. The van der Waals surface area contributed by atoms with Crippen molar-refractivity contribution >= 4 is 22.4 Å². The summed E-state index contributed by atoms with van der Waals surface area (Å²) in [6, 6.07) is 0.278. The highest BCUT2D eigenvalue weighted by molar-refractivity contribution is 7.13. The van der Waals surface area contributed by atoms with Crippen LogP contribution in [0.5, 0.6) is 0 Å². The Balaban J connectivity index is 1.95. The smallest absolute Gasteiger partial charge is 0.271 e. The van der Waals surface area contributed by atoms with Crippen molar-refractivity contribution in [2.45, 2.75) is 51.5 Å². The molecule has 0 saturated heterocycles. The van der Waals surface area contributed by atoms with Gasteiger partial charge in [0, 0.05) is 11.4 Å². The van der Waals surface area contributed by atoms with Crippen molar-refractivity contribution in [1.29, 1.82) is 0 Å². The third-order valence-corrected chi connectivity index (χ3v) is 4.40. The number of thiazole rings is 1. The summed E-state index contributed by atoms with van der Waals surface area (Å²) >= 11 is 1.31. The second-order valence-electron chi connectivity index (χ2n) is 4.96. The molecule has 1 heterocycles. The average Bonchev–Trinajstić information content (AvgIpc) is 2.83. The van der Waals surface area contributed by atoms with E-state index in [1.807, 2.05) is 0 Å². The highest BCUT2D eigenvalue weighted by Gasteiger charge is 2.24. The maximum absolute atomic E-state index is 12.0. The van der Waals surface area contributed by atoms with Crippen molar-refractivity contribution in [3.8, 4) is 0 Å². The molecule has 0 spiro atoms. The molecule has 100 valence electrons. The van der Waals surface area contributed by atoms with Crippen LogP contribution in [0.25, 0.3) is 0 Å². The molecule has 1 aliphatic carbocycles. The van der Waals surface area contributed by atoms with Gasteiger partial charge < -0.3 is 11.1 Å². The van der Waals surface area contributed by atoms with E-state index in [1.165, 1.54) is 43.4 Å². The van der Waals surface area contributed by atoms with Crippen LogP contribution in [0.1, 0.15) is 55.9 Å². The number of nitrogens with one attached hydrogen (secondary N) is 1. The molecular weight excluding hydrogens is 246 g/mol. The first kappa shape index (κ1) is 13.3. The number of rotatable bonds is 4. The molecule has 0 bridgehead atoms. The molecule has 4 nitrogen and oxygen atoms in total. The fraction of sp³-hybridized carbons (Fsp3) is 0.692. The summed E-state index contributed by atoms with van der Waals surface area (Å²) in [7, 11) is 0. The van der Waals surface area contributed by atoms with E-state index in [4.69, 9.17) is 5.73 Å². The van der Waals surface area contributed by atoms with Gasteiger partial charge in [0.25, 0.3) is 5.91 Å².